The highest BCUT2D eigenvalue weighted by atomic mass is 19.4. The highest BCUT2D eigenvalue weighted by Crippen LogP contribution is 2.28. The van der Waals surface area contributed by atoms with Gasteiger partial charge >= 0.3 is 6.18 Å². The van der Waals surface area contributed by atoms with Gasteiger partial charge in [0, 0.05) is 35.6 Å². The van der Waals surface area contributed by atoms with Crippen LogP contribution in [0.2, 0.25) is 0 Å². The zero-order chi connectivity index (χ0) is 22.7. The number of fused-ring (bicyclic) bond motifs is 1. The van der Waals surface area contributed by atoms with Crippen molar-refractivity contribution in [2.45, 2.75) is 38.0 Å². The Morgan fingerprint density at radius 3 is 2.59 bits per heavy atom. The van der Waals surface area contributed by atoms with Gasteiger partial charge in [-0.25, -0.2) is 4.39 Å². The Morgan fingerprint density at radius 2 is 1.88 bits per heavy atom. The molecule has 0 fully saturated rings. The van der Waals surface area contributed by atoms with Crippen molar-refractivity contribution >= 4 is 16.8 Å². The van der Waals surface area contributed by atoms with Gasteiger partial charge in [-0.2, -0.15) is 13.2 Å². The van der Waals surface area contributed by atoms with Crippen LogP contribution in [0.3, 0.4) is 0 Å². The first kappa shape index (κ1) is 21.9. The zero-order valence-corrected chi connectivity index (χ0v) is 17.3. The third kappa shape index (κ3) is 5.30. The number of para-hydroxylation sites is 1. The molecular formula is C24H23F4N3O. The molecule has 0 saturated carbocycles. The van der Waals surface area contributed by atoms with Gasteiger partial charge in [-0.1, -0.05) is 36.4 Å². The van der Waals surface area contributed by atoms with Gasteiger partial charge in [-0.15, -0.1) is 0 Å². The largest absolute Gasteiger partial charge is 0.406 e. The molecule has 0 bridgehead atoms. The molecule has 2 N–H and O–H groups in total. The molecule has 3 aromatic rings. The fraction of sp³-hybridized carbons (Fsp3) is 0.292. The first-order chi connectivity index (χ1) is 15.3. The van der Waals surface area contributed by atoms with Gasteiger partial charge in [0.05, 0.1) is 0 Å². The van der Waals surface area contributed by atoms with E-state index in [1.807, 2.05) is 12.1 Å². The van der Waals surface area contributed by atoms with E-state index in [4.69, 9.17) is 0 Å². The van der Waals surface area contributed by atoms with Gasteiger partial charge in [0.1, 0.15) is 18.1 Å². The van der Waals surface area contributed by atoms with Crippen LogP contribution in [0.5, 0.6) is 0 Å². The fourth-order valence-electron chi connectivity index (χ4n) is 4.02. The molecule has 4 nitrogen and oxygen atoms in total. The summed E-state index contributed by atoms with van der Waals surface area (Å²) in [4.78, 5) is 17.0. The number of carbonyl (C=O) groups is 1. The average Bonchev–Trinajstić information content (AvgIpc) is 3.21. The van der Waals surface area contributed by atoms with Crippen LogP contribution in [0.25, 0.3) is 10.9 Å². The lowest BCUT2D eigenvalue weighted by molar-refractivity contribution is -0.145. The van der Waals surface area contributed by atoms with E-state index in [2.05, 4.69) is 10.3 Å². The standard InChI is InChI=1S/C24H23F4N3O/c25-18-10-8-16(9-11-18)14-29-19-5-3-6-20(13-19)31(15-24(26,27)28)23(32)22-12-17-4-1-2-7-21(17)30-22/h1-2,4-5,7-12,20,29-30H,3,6,13-15H2/t20-/m0/s1. The fourth-order valence-corrected chi connectivity index (χ4v) is 4.02. The third-order valence-corrected chi connectivity index (χ3v) is 5.59. The Kier molecular flexibility index (Phi) is 6.21. The van der Waals surface area contributed by atoms with Crippen molar-refractivity contribution in [2.75, 3.05) is 6.54 Å². The van der Waals surface area contributed by atoms with Gasteiger partial charge in [0.15, 0.2) is 0 Å². The highest BCUT2D eigenvalue weighted by molar-refractivity contribution is 5.98. The zero-order valence-electron chi connectivity index (χ0n) is 17.3. The molecule has 1 aromatic heterocycles. The molecule has 0 aliphatic heterocycles. The predicted octanol–water partition coefficient (Wildman–Crippen LogP) is 5.54. The minimum atomic E-state index is -4.51. The maximum atomic E-state index is 13.4. The topological polar surface area (TPSA) is 48.1 Å². The Bertz CT molecular complexity index is 1090. The SMILES string of the molecule is O=C(c1cc2ccccc2[nH]1)N(CC(F)(F)F)[C@H]1CCC=C(NCc2ccc(F)cc2)C1. The van der Waals surface area contributed by atoms with Crippen molar-refractivity contribution < 1.29 is 22.4 Å². The van der Waals surface area contributed by atoms with Crippen LogP contribution in [0.4, 0.5) is 17.6 Å². The van der Waals surface area contributed by atoms with Gasteiger partial charge in [-0.3, -0.25) is 4.79 Å². The van der Waals surface area contributed by atoms with Crippen molar-refractivity contribution in [1.29, 1.82) is 0 Å². The van der Waals surface area contributed by atoms with Crippen molar-refractivity contribution in [3.63, 3.8) is 0 Å². The number of nitrogens with one attached hydrogen (secondary N) is 2. The lowest BCUT2D eigenvalue weighted by Crippen LogP contribution is -2.47. The summed E-state index contributed by atoms with van der Waals surface area (Å²) in [5, 5.41) is 3.99. The first-order valence-electron chi connectivity index (χ1n) is 10.4. The lowest BCUT2D eigenvalue weighted by atomic mass is 9.96. The minimum absolute atomic E-state index is 0.144. The maximum absolute atomic E-state index is 13.4. The van der Waals surface area contributed by atoms with E-state index in [0.717, 1.165) is 21.5 Å². The Morgan fingerprint density at radius 1 is 1.12 bits per heavy atom. The normalized spacial score (nSPS) is 16.6. The summed E-state index contributed by atoms with van der Waals surface area (Å²) in [5.74, 6) is -0.993. The van der Waals surface area contributed by atoms with E-state index in [-0.39, 0.29) is 11.5 Å². The van der Waals surface area contributed by atoms with E-state index in [1.165, 1.54) is 12.1 Å². The maximum Gasteiger partial charge on any atom is 0.406 e. The van der Waals surface area contributed by atoms with E-state index >= 15 is 0 Å². The van der Waals surface area contributed by atoms with Crippen LogP contribution in [0, 0.1) is 5.82 Å². The quantitative estimate of drug-likeness (QED) is 0.490. The molecule has 4 rings (SSSR count). The van der Waals surface area contributed by atoms with Crippen molar-refractivity contribution in [2.24, 2.45) is 0 Å². The van der Waals surface area contributed by atoms with Crippen molar-refractivity contribution in [3.8, 4) is 0 Å². The van der Waals surface area contributed by atoms with Gasteiger partial charge in [-0.05, 0) is 42.7 Å². The summed E-state index contributed by atoms with van der Waals surface area (Å²) < 4.78 is 53.2. The molecular weight excluding hydrogens is 422 g/mol. The summed E-state index contributed by atoms with van der Waals surface area (Å²) >= 11 is 0. The first-order valence-corrected chi connectivity index (χ1v) is 10.4. The average molecular weight is 445 g/mol. The number of H-pyrrole nitrogens is 1. The number of benzene rings is 2. The molecule has 0 saturated heterocycles. The molecule has 0 spiro atoms. The van der Waals surface area contributed by atoms with Crippen LogP contribution in [-0.4, -0.2) is 34.6 Å². The second-order valence-electron chi connectivity index (χ2n) is 7.96. The van der Waals surface area contributed by atoms with Crippen molar-refractivity contribution in [1.82, 2.24) is 15.2 Å². The molecule has 32 heavy (non-hydrogen) atoms. The number of hydrogen-bond acceptors (Lipinski definition) is 2. The number of carbonyl (C=O) groups excluding carboxylic acids is 1. The number of aromatic nitrogens is 1. The molecule has 2 aromatic carbocycles. The minimum Gasteiger partial charge on any atom is -0.384 e. The summed E-state index contributed by atoms with van der Waals surface area (Å²) in [6, 6.07) is 14.2. The third-order valence-electron chi connectivity index (χ3n) is 5.59. The van der Waals surface area contributed by atoms with E-state index in [9.17, 15) is 22.4 Å². The Hall–Kier alpha value is -3.29. The summed E-state index contributed by atoms with van der Waals surface area (Å²) in [6.07, 6.45) is -1.26. The number of halogens is 4. The van der Waals surface area contributed by atoms with E-state index < -0.39 is 24.7 Å². The van der Waals surface area contributed by atoms with Crippen LogP contribution in [0.15, 0.2) is 66.4 Å². The highest BCUT2D eigenvalue weighted by Gasteiger charge is 2.38. The molecule has 0 radical (unpaired) electrons. The Balaban J connectivity index is 1.50. The molecule has 1 heterocycles. The number of alkyl halides is 3. The van der Waals surface area contributed by atoms with Crippen molar-refractivity contribution in [3.05, 3.63) is 83.4 Å². The number of nitrogens with zero attached hydrogens (tertiary/aromatic N) is 1. The number of aromatic amines is 1. The molecule has 1 atom stereocenters. The molecule has 8 heteroatoms. The van der Waals surface area contributed by atoms with Crippen LogP contribution in [0.1, 0.15) is 35.3 Å². The van der Waals surface area contributed by atoms with Crippen LogP contribution in [-0.2, 0) is 6.54 Å². The second-order valence-corrected chi connectivity index (χ2v) is 7.96. The molecule has 1 aliphatic rings. The summed E-state index contributed by atoms with van der Waals surface area (Å²) in [7, 11) is 0. The lowest BCUT2D eigenvalue weighted by Gasteiger charge is -2.35. The number of hydrogen-bond donors (Lipinski definition) is 2. The molecule has 0 unspecified atom stereocenters. The van der Waals surface area contributed by atoms with E-state index in [1.54, 1.807) is 36.4 Å². The van der Waals surface area contributed by atoms with Gasteiger partial charge in [0.25, 0.3) is 5.91 Å². The van der Waals surface area contributed by atoms with Gasteiger partial charge < -0.3 is 15.2 Å². The van der Waals surface area contributed by atoms with E-state index in [0.29, 0.717) is 31.3 Å². The smallest absolute Gasteiger partial charge is 0.384 e. The van der Waals surface area contributed by atoms with Crippen LogP contribution < -0.4 is 5.32 Å². The number of allylic oxidation sites excluding steroid dienone is 1. The number of amides is 1. The second kappa shape index (κ2) is 9.06. The summed E-state index contributed by atoms with van der Waals surface area (Å²) in [6.45, 7) is -0.884. The molecule has 168 valence electrons. The predicted molar refractivity (Wildman–Crippen MR) is 114 cm³/mol. The Labute approximate surface area is 182 Å². The molecule has 1 aliphatic carbocycles. The monoisotopic (exact) mass is 445 g/mol. The number of rotatable bonds is 6. The summed E-state index contributed by atoms with van der Waals surface area (Å²) in [5.41, 5.74) is 2.48. The molecule has 1 amide bonds. The van der Waals surface area contributed by atoms with Crippen LogP contribution >= 0.6 is 0 Å². The van der Waals surface area contributed by atoms with Gasteiger partial charge in [0.2, 0.25) is 0 Å².